The van der Waals surface area contributed by atoms with Crippen LogP contribution in [0.2, 0.25) is 0 Å². The lowest BCUT2D eigenvalue weighted by Crippen LogP contribution is -2.21. The summed E-state index contributed by atoms with van der Waals surface area (Å²) in [6, 6.07) is 11.5. The molecule has 21 heavy (non-hydrogen) atoms. The Labute approximate surface area is 123 Å². The lowest BCUT2D eigenvalue weighted by atomic mass is 10.2. The van der Waals surface area contributed by atoms with E-state index in [-0.39, 0.29) is 0 Å². The summed E-state index contributed by atoms with van der Waals surface area (Å²) in [4.78, 5) is 11.0. The van der Waals surface area contributed by atoms with Gasteiger partial charge in [-0.1, -0.05) is 6.07 Å². The number of fused-ring (bicyclic) bond motifs is 1. The summed E-state index contributed by atoms with van der Waals surface area (Å²) in [7, 11) is 2.05. The zero-order chi connectivity index (χ0) is 14.7. The number of nitrogens with two attached hydrogens (primary N) is 1. The van der Waals surface area contributed by atoms with E-state index < -0.39 is 0 Å². The summed E-state index contributed by atoms with van der Waals surface area (Å²) in [5, 5.41) is 0. The molecule has 0 saturated carbocycles. The van der Waals surface area contributed by atoms with E-state index in [1.54, 1.807) is 0 Å². The summed E-state index contributed by atoms with van der Waals surface area (Å²) in [6.45, 7) is 1.57. The first kappa shape index (κ1) is 13.6. The standard InChI is InChI=1S/C16H18N4O/c1-20(9-7-13-4-2-3-8-18-13)11-16-19-14-10-12(17)5-6-15(14)21-16/h2-6,8,10H,7,9,11,17H2,1H3. The highest BCUT2D eigenvalue weighted by Crippen LogP contribution is 2.18. The van der Waals surface area contributed by atoms with Crippen LogP contribution in [-0.2, 0) is 13.0 Å². The molecule has 3 aromatic rings. The van der Waals surface area contributed by atoms with Gasteiger partial charge in [0.2, 0.25) is 5.89 Å². The second-order valence-corrected chi connectivity index (χ2v) is 5.14. The summed E-state index contributed by atoms with van der Waals surface area (Å²) in [6.07, 6.45) is 2.73. The van der Waals surface area contributed by atoms with Crippen LogP contribution in [0.3, 0.4) is 0 Å². The number of nitrogens with zero attached hydrogens (tertiary/aromatic N) is 3. The van der Waals surface area contributed by atoms with E-state index in [1.807, 2.05) is 49.6 Å². The van der Waals surface area contributed by atoms with E-state index >= 15 is 0 Å². The first-order valence-corrected chi connectivity index (χ1v) is 6.94. The van der Waals surface area contributed by atoms with Gasteiger partial charge in [-0.05, 0) is 37.4 Å². The summed E-state index contributed by atoms with van der Waals surface area (Å²) < 4.78 is 5.72. The van der Waals surface area contributed by atoms with Crippen LogP contribution in [0.1, 0.15) is 11.6 Å². The molecule has 0 aliphatic heterocycles. The number of nitrogen functional groups attached to an aromatic ring is 1. The number of anilines is 1. The van der Waals surface area contributed by atoms with Crippen LogP contribution in [-0.4, -0.2) is 28.5 Å². The first-order valence-electron chi connectivity index (χ1n) is 6.94. The second kappa shape index (κ2) is 5.93. The molecule has 5 heteroatoms. The Morgan fingerprint density at radius 3 is 2.95 bits per heavy atom. The molecule has 2 N–H and O–H groups in total. The highest BCUT2D eigenvalue weighted by Gasteiger charge is 2.09. The van der Waals surface area contributed by atoms with Crippen molar-refractivity contribution >= 4 is 16.8 Å². The monoisotopic (exact) mass is 282 g/mol. The Bertz CT molecular complexity index is 723. The molecule has 0 aliphatic rings. The van der Waals surface area contributed by atoms with Crippen LogP contribution >= 0.6 is 0 Å². The first-order chi connectivity index (χ1) is 10.2. The van der Waals surface area contributed by atoms with Crippen molar-refractivity contribution in [3.63, 3.8) is 0 Å². The minimum absolute atomic E-state index is 0.668. The lowest BCUT2D eigenvalue weighted by Gasteiger charge is -2.13. The Balaban J connectivity index is 1.62. The third kappa shape index (κ3) is 3.38. The summed E-state index contributed by atoms with van der Waals surface area (Å²) in [5.41, 5.74) is 9.12. The van der Waals surface area contributed by atoms with Crippen LogP contribution in [0.15, 0.2) is 47.0 Å². The van der Waals surface area contributed by atoms with Crippen LogP contribution < -0.4 is 5.73 Å². The number of aromatic nitrogens is 2. The van der Waals surface area contributed by atoms with Gasteiger partial charge in [-0.25, -0.2) is 4.98 Å². The number of hydrogen-bond donors (Lipinski definition) is 1. The van der Waals surface area contributed by atoms with Gasteiger partial charge < -0.3 is 10.2 Å². The van der Waals surface area contributed by atoms with Crippen molar-refractivity contribution in [2.24, 2.45) is 0 Å². The Morgan fingerprint density at radius 1 is 1.24 bits per heavy atom. The van der Waals surface area contributed by atoms with E-state index in [2.05, 4.69) is 14.9 Å². The average molecular weight is 282 g/mol. The molecule has 0 atom stereocenters. The van der Waals surface area contributed by atoms with Gasteiger partial charge >= 0.3 is 0 Å². The van der Waals surface area contributed by atoms with Crippen LogP contribution in [0.25, 0.3) is 11.1 Å². The maximum atomic E-state index is 5.75. The molecule has 2 heterocycles. The predicted molar refractivity (Wildman–Crippen MR) is 82.7 cm³/mol. The topological polar surface area (TPSA) is 68.2 Å². The molecule has 1 aromatic carbocycles. The van der Waals surface area contributed by atoms with Gasteiger partial charge in [0.15, 0.2) is 5.58 Å². The van der Waals surface area contributed by atoms with Crippen LogP contribution in [0.4, 0.5) is 5.69 Å². The molecular weight excluding hydrogens is 264 g/mol. The fraction of sp³-hybridized carbons (Fsp3) is 0.250. The molecule has 0 amide bonds. The SMILES string of the molecule is CN(CCc1ccccn1)Cc1nc2cc(N)ccc2o1. The largest absolute Gasteiger partial charge is 0.439 e. The zero-order valence-electron chi connectivity index (χ0n) is 12.0. The van der Waals surface area contributed by atoms with Crippen molar-refractivity contribution in [2.45, 2.75) is 13.0 Å². The fourth-order valence-electron chi connectivity index (χ4n) is 2.22. The van der Waals surface area contributed by atoms with E-state index in [4.69, 9.17) is 10.2 Å². The van der Waals surface area contributed by atoms with Gasteiger partial charge in [0.25, 0.3) is 0 Å². The van der Waals surface area contributed by atoms with Crippen LogP contribution in [0, 0.1) is 0 Å². The third-order valence-electron chi connectivity index (χ3n) is 3.34. The molecule has 0 bridgehead atoms. The quantitative estimate of drug-likeness (QED) is 0.728. The predicted octanol–water partition coefficient (Wildman–Crippen LogP) is 2.48. The molecule has 0 aliphatic carbocycles. The number of benzene rings is 1. The maximum Gasteiger partial charge on any atom is 0.209 e. The highest BCUT2D eigenvalue weighted by molar-refractivity contribution is 5.76. The van der Waals surface area contributed by atoms with Gasteiger partial charge in [-0.2, -0.15) is 0 Å². The molecule has 5 nitrogen and oxygen atoms in total. The minimum atomic E-state index is 0.668. The van der Waals surface area contributed by atoms with Gasteiger partial charge in [0.1, 0.15) is 5.52 Å². The normalized spacial score (nSPS) is 11.3. The number of pyridine rings is 1. The molecule has 2 aromatic heterocycles. The summed E-state index contributed by atoms with van der Waals surface area (Å²) >= 11 is 0. The van der Waals surface area contributed by atoms with Gasteiger partial charge in [0, 0.05) is 30.5 Å². The number of rotatable bonds is 5. The Morgan fingerprint density at radius 2 is 2.14 bits per heavy atom. The molecule has 108 valence electrons. The summed E-state index contributed by atoms with van der Waals surface area (Å²) in [5.74, 6) is 0.708. The molecule has 0 unspecified atom stereocenters. The minimum Gasteiger partial charge on any atom is -0.439 e. The van der Waals surface area contributed by atoms with Crippen molar-refractivity contribution in [1.82, 2.24) is 14.9 Å². The number of hydrogen-bond acceptors (Lipinski definition) is 5. The van der Waals surface area contributed by atoms with Crippen molar-refractivity contribution < 1.29 is 4.42 Å². The molecule has 0 saturated heterocycles. The van der Waals surface area contributed by atoms with Gasteiger partial charge in [-0.15, -0.1) is 0 Å². The lowest BCUT2D eigenvalue weighted by molar-refractivity contribution is 0.295. The van der Waals surface area contributed by atoms with E-state index in [9.17, 15) is 0 Å². The fourth-order valence-corrected chi connectivity index (χ4v) is 2.22. The van der Waals surface area contributed by atoms with Gasteiger partial charge in [0.05, 0.1) is 6.54 Å². The van der Waals surface area contributed by atoms with Crippen molar-refractivity contribution in [1.29, 1.82) is 0 Å². The maximum absolute atomic E-state index is 5.75. The van der Waals surface area contributed by atoms with E-state index in [0.717, 1.165) is 29.8 Å². The highest BCUT2D eigenvalue weighted by atomic mass is 16.3. The zero-order valence-corrected chi connectivity index (χ0v) is 12.0. The van der Waals surface area contributed by atoms with Crippen molar-refractivity contribution in [3.05, 3.63) is 54.2 Å². The molecule has 0 spiro atoms. The van der Waals surface area contributed by atoms with Crippen molar-refractivity contribution in [3.8, 4) is 0 Å². The smallest absolute Gasteiger partial charge is 0.209 e. The third-order valence-corrected chi connectivity index (χ3v) is 3.34. The number of likely N-dealkylation sites (N-methyl/N-ethyl adjacent to an activating group) is 1. The number of oxazole rings is 1. The molecule has 0 radical (unpaired) electrons. The van der Waals surface area contributed by atoms with E-state index in [0.29, 0.717) is 18.1 Å². The molecular formula is C16H18N4O. The van der Waals surface area contributed by atoms with Gasteiger partial charge in [-0.3, -0.25) is 9.88 Å². The van der Waals surface area contributed by atoms with E-state index in [1.165, 1.54) is 0 Å². The second-order valence-electron chi connectivity index (χ2n) is 5.14. The van der Waals surface area contributed by atoms with Crippen LogP contribution in [0.5, 0.6) is 0 Å². The molecule has 3 rings (SSSR count). The Kier molecular flexibility index (Phi) is 3.83. The Hall–Kier alpha value is -2.40. The average Bonchev–Trinajstić information content (AvgIpc) is 2.87. The molecule has 0 fully saturated rings. The van der Waals surface area contributed by atoms with Crippen molar-refractivity contribution in [2.75, 3.05) is 19.3 Å².